The molecule has 5 heteroatoms. The number of pyridine rings is 1. The van der Waals surface area contributed by atoms with Crippen molar-refractivity contribution in [2.45, 2.75) is 37.9 Å². The number of rotatable bonds is 4. The van der Waals surface area contributed by atoms with Crippen molar-refractivity contribution in [2.24, 2.45) is 5.73 Å². The predicted octanol–water partition coefficient (Wildman–Crippen LogP) is 2.05. The van der Waals surface area contributed by atoms with Crippen LogP contribution in [0, 0.1) is 0 Å². The van der Waals surface area contributed by atoms with Gasteiger partial charge in [0.05, 0.1) is 6.10 Å². The third kappa shape index (κ3) is 3.40. The van der Waals surface area contributed by atoms with Crippen LogP contribution < -0.4 is 10.5 Å². The van der Waals surface area contributed by atoms with Gasteiger partial charge in [-0.05, 0) is 25.3 Å². The Kier molecular flexibility index (Phi) is 4.49. The highest BCUT2D eigenvalue weighted by atomic mass is 32.1. The van der Waals surface area contributed by atoms with E-state index in [-0.39, 0.29) is 6.10 Å². The molecule has 0 saturated heterocycles. The predicted molar refractivity (Wildman–Crippen MR) is 73.8 cm³/mol. The average Bonchev–Trinajstić information content (AvgIpc) is 2.39. The van der Waals surface area contributed by atoms with E-state index in [2.05, 4.69) is 4.98 Å². The second-order valence-corrected chi connectivity index (χ2v) is 4.93. The van der Waals surface area contributed by atoms with Crippen molar-refractivity contribution in [2.75, 3.05) is 7.11 Å². The van der Waals surface area contributed by atoms with Gasteiger partial charge >= 0.3 is 0 Å². The number of hydrogen-bond donors (Lipinski definition) is 1. The average molecular weight is 266 g/mol. The first-order chi connectivity index (χ1) is 8.69. The van der Waals surface area contributed by atoms with Crippen molar-refractivity contribution in [3.05, 3.63) is 23.9 Å². The van der Waals surface area contributed by atoms with Crippen LogP contribution in [0.25, 0.3) is 0 Å². The molecule has 98 valence electrons. The lowest BCUT2D eigenvalue weighted by atomic mass is 9.95. The Morgan fingerprint density at radius 1 is 1.39 bits per heavy atom. The van der Waals surface area contributed by atoms with Crippen molar-refractivity contribution in [1.82, 2.24) is 4.98 Å². The van der Waals surface area contributed by atoms with Crippen LogP contribution in [-0.2, 0) is 4.74 Å². The summed E-state index contributed by atoms with van der Waals surface area (Å²) in [5.74, 6) is 0.585. The Balaban J connectivity index is 2.00. The monoisotopic (exact) mass is 266 g/mol. The molecular formula is C13H18N2O2S. The van der Waals surface area contributed by atoms with Gasteiger partial charge in [0, 0.05) is 19.6 Å². The van der Waals surface area contributed by atoms with Crippen molar-refractivity contribution >= 4 is 17.2 Å². The second-order valence-electron chi connectivity index (χ2n) is 4.49. The smallest absolute Gasteiger partial charge is 0.214 e. The molecule has 18 heavy (non-hydrogen) atoms. The number of hydrogen-bond acceptors (Lipinski definition) is 4. The van der Waals surface area contributed by atoms with E-state index in [1.807, 2.05) is 12.1 Å². The minimum absolute atomic E-state index is 0.165. The minimum atomic E-state index is 0.165. The van der Waals surface area contributed by atoms with Gasteiger partial charge in [0.1, 0.15) is 16.8 Å². The number of aromatic nitrogens is 1. The Morgan fingerprint density at radius 3 is 2.89 bits per heavy atom. The van der Waals surface area contributed by atoms with Crippen molar-refractivity contribution in [3.63, 3.8) is 0 Å². The number of nitrogens with zero attached hydrogens (tertiary/aromatic N) is 1. The Bertz CT molecular complexity index is 425. The summed E-state index contributed by atoms with van der Waals surface area (Å²) in [7, 11) is 1.75. The zero-order chi connectivity index (χ0) is 13.0. The molecule has 0 aliphatic heterocycles. The molecule has 1 heterocycles. The van der Waals surface area contributed by atoms with Gasteiger partial charge in [0.25, 0.3) is 0 Å². The lowest BCUT2D eigenvalue weighted by molar-refractivity contribution is 0.0195. The molecule has 2 rings (SSSR count). The molecule has 1 fully saturated rings. The van der Waals surface area contributed by atoms with Crippen LogP contribution >= 0.6 is 12.2 Å². The van der Waals surface area contributed by atoms with Crippen LogP contribution in [0.4, 0.5) is 0 Å². The summed E-state index contributed by atoms with van der Waals surface area (Å²) in [6.07, 6.45) is 4.64. The van der Waals surface area contributed by atoms with E-state index in [9.17, 15) is 0 Å². The van der Waals surface area contributed by atoms with Gasteiger partial charge in [-0.2, -0.15) is 0 Å². The fourth-order valence-corrected chi connectivity index (χ4v) is 2.33. The molecule has 0 amide bonds. The van der Waals surface area contributed by atoms with Crippen LogP contribution in [0.15, 0.2) is 18.2 Å². The molecule has 1 aromatic heterocycles. The van der Waals surface area contributed by atoms with E-state index in [1.54, 1.807) is 13.2 Å². The van der Waals surface area contributed by atoms with Gasteiger partial charge in [0.2, 0.25) is 5.88 Å². The summed E-state index contributed by atoms with van der Waals surface area (Å²) in [6, 6.07) is 5.47. The van der Waals surface area contributed by atoms with Gasteiger partial charge < -0.3 is 15.2 Å². The van der Waals surface area contributed by atoms with Gasteiger partial charge in [-0.25, -0.2) is 4.98 Å². The summed E-state index contributed by atoms with van der Waals surface area (Å²) in [6.45, 7) is 0. The fourth-order valence-electron chi connectivity index (χ4n) is 2.21. The SMILES string of the molecule is COC1CCCC(Oc2cccc(C(N)=S)n2)C1. The van der Waals surface area contributed by atoms with Gasteiger partial charge in [-0.3, -0.25) is 0 Å². The van der Waals surface area contributed by atoms with Crippen LogP contribution in [0.1, 0.15) is 31.4 Å². The van der Waals surface area contributed by atoms with E-state index in [1.165, 1.54) is 0 Å². The first-order valence-corrected chi connectivity index (χ1v) is 6.56. The number of methoxy groups -OCH3 is 1. The lowest BCUT2D eigenvalue weighted by Gasteiger charge is -2.28. The molecular weight excluding hydrogens is 248 g/mol. The largest absolute Gasteiger partial charge is 0.474 e. The fraction of sp³-hybridized carbons (Fsp3) is 0.538. The standard InChI is InChI=1S/C13H18N2O2S/c1-16-9-4-2-5-10(8-9)17-12-7-3-6-11(15-12)13(14)18/h3,6-7,9-10H,2,4-5,8H2,1H3,(H2,14,18). The second kappa shape index (κ2) is 6.11. The third-order valence-electron chi connectivity index (χ3n) is 3.17. The highest BCUT2D eigenvalue weighted by Crippen LogP contribution is 2.24. The molecule has 1 aliphatic rings. The molecule has 2 atom stereocenters. The first kappa shape index (κ1) is 13.2. The Hall–Kier alpha value is -1.20. The third-order valence-corrected chi connectivity index (χ3v) is 3.38. The maximum atomic E-state index is 5.87. The van der Waals surface area contributed by atoms with E-state index in [4.69, 9.17) is 27.4 Å². The van der Waals surface area contributed by atoms with Crippen LogP contribution in [0.5, 0.6) is 5.88 Å². The Morgan fingerprint density at radius 2 is 2.17 bits per heavy atom. The molecule has 0 spiro atoms. The number of thiocarbonyl (C=S) groups is 1. The zero-order valence-electron chi connectivity index (χ0n) is 10.5. The zero-order valence-corrected chi connectivity index (χ0v) is 11.3. The van der Waals surface area contributed by atoms with Gasteiger partial charge in [-0.15, -0.1) is 0 Å². The summed E-state index contributed by atoms with van der Waals surface area (Å²) in [4.78, 5) is 4.58. The minimum Gasteiger partial charge on any atom is -0.474 e. The molecule has 0 radical (unpaired) electrons. The molecule has 1 saturated carbocycles. The maximum absolute atomic E-state index is 5.87. The maximum Gasteiger partial charge on any atom is 0.214 e. The topological polar surface area (TPSA) is 57.4 Å². The molecule has 1 aliphatic carbocycles. The normalized spacial score (nSPS) is 23.6. The van der Waals surface area contributed by atoms with Crippen LogP contribution in [0.2, 0.25) is 0 Å². The van der Waals surface area contributed by atoms with E-state index < -0.39 is 0 Å². The van der Waals surface area contributed by atoms with Crippen LogP contribution in [-0.4, -0.2) is 29.3 Å². The van der Waals surface area contributed by atoms with Crippen LogP contribution in [0.3, 0.4) is 0 Å². The molecule has 1 aromatic rings. The summed E-state index contributed by atoms with van der Waals surface area (Å²) >= 11 is 4.90. The number of ether oxygens (including phenoxy) is 2. The molecule has 4 nitrogen and oxygen atoms in total. The van der Waals surface area contributed by atoms with Crippen molar-refractivity contribution < 1.29 is 9.47 Å². The van der Waals surface area contributed by atoms with Gasteiger partial charge in [-0.1, -0.05) is 18.3 Å². The summed E-state index contributed by atoms with van der Waals surface area (Å²) in [5.41, 5.74) is 6.15. The molecule has 2 N–H and O–H groups in total. The van der Waals surface area contributed by atoms with E-state index >= 15 is 0 Å². The lowest BCUT2D eigenvalue weighted by Crippen LogP contribution is -2.29. The molecule has 0 bridgehead atoms. The van der Waals surface area contributed by atoms with Crippen molar-refractivity contribution in [3.8, 4) is 5.88 Å². The first-order valence-electron chi connectivity index (χ1n) is 6.15. The summed E-state index contributed by atoms with van der Waals surface area (Å²) in [5, 5.41) is 0. The highest BCUT2D eigenvalue weighted by Gasteiger charge is 2.23. The van der Waals surface area contributed by atoms with E-state index in [0.29, 0.717) is 22.7 Å². The van der Waals surface area contributed by atoms with E-state index in [0.717, 1.165) is 25.7 Å². The summed E-state index contributed by atoms with van der Waals surface area (Å²) < 4.78 is 11.3. The molecule has 0 aromatic carbocycles. The van der Waals surface area contributed by atoms with Crippen molar-refractivity contribution in [1.29, 1.82) is 0 Å². The number of nitrogens with two attached hydrogens (primary N) is 1. The van der Waals surface area contributed by atoms with Gasteiger partial charge in [0.15, 0.2) is 0 Å². The Labute approximate surface area is 112 Å². The highest BCUT2D eigenvalue weighted by molar-refractivity contribution is 7.80. The quantitative estimate of drug-likeness (QED) is 0.845. The molecule has 2 unspecified atom stereocenters.